The molecule has 2 atom stereocenters. The van der Waals surface area contributed by atoms with Gasteiger partial charge in [-0.05, 0) is 46.2 Å². The molecule has 0 spiro atoms. The maximum atomic E-state index is 8.90. The summed E-state index contributed by atoms with van der Waals surface area (Å²) >= 11 is 0. The molecule has 0 aliphatic carbocycles. The summed E-state index contributed by atoms with van der Waals surface area (Å²) in [5.74, 6) is 0. The van der Waals surface area contributed by atoms with Crippen LogP contribution in [0.25, 0.3) is 10.4 Å². The molecular weight excluding hydrogens is 288 g/mol. The van der Waals surface area contributed by atoms with E-state index in [1.807, 2.05) is 41.7 Å². The van der Waals surface area contributed by atoms with Crippen molar-refractivity contribution in [2.75, 3.05) is 26.9 Å². The van der Waals surface area contributed by atoms with Gasteiger partial charge in [-0.2, -0.15) is 0 Å². The molecule has 2 unspecified atom stereocenters. The maximum Gasteiger partial charge on any atom is 0.522 e. The van der Waals surface area contributed by atoms with Crippen molar-refractivity contribution in [1.82, 2.24) is 5.32 Å². The van der Waals surface area contributed by atoms with Crippen molar-refractivity contribution < 1.29 is 13.3 Å². The average Bonchev–Trinajstić information content (AvgIpc) is 2.48. The minimum atomic E-state index is -3.07. The topological polar surface area (TPSA) is 88.5 Å². The first-order valence-electron chi connectivity index (χ1n) is 7.72. The summed E-state index contributed by atoms with van der Waals surface area (Å²) in [6, 6.07) is -0.297. The van der Waals surface area contributed by atoms with E-state index in [9.17, 15) is 0 Å². The molecule has 0 amide bonds. The van der Waals surface area contributed by atoms with Crippen LogP contribution < -0.4 is 5.32 Å². The van der Waals surface area contributed by atoms with Crippen molar-refractivity contribution >= 4 is 8.80 Å². The molecule has 21 heavy (non-hydrogen) atoms. The summed E-state index contributed by atoms with van der Waals surface area (Å²) in [6.07, 6.45) is 1.37. The Morgan fingerprint density at radius 3 is 1.81 bits per heavy atom. The molecule has 7 nitrogen and oxygen atoms in total. The van der Waals surface area contributed by atoms with Gasteiger partial charge in [0, 0.05) is 24.7 Å². The minimum Gasteiger partial charge on any atom is -0.373 e. The zero-order valence-electron chi connectivity index (χ0n) is 14.2. The van der Waals surface area contributed by atoms with Crippen molar-refractivity contribution in [1.29, 1.82) is 0 Å². The van der Waals surface area contributed by atoms with Crippen LogP contribution in [-0.4, -0.2) is 46.9 Å². The lowest BCUT2D eigenvalue weighted by atomic mass is 10.0. The van der Waals surface area contributed by atoms with Gasteiger partial charge >= 0.3 is 8.80 Å². The molecule has 0 heterocycles. The van der Waals surface area contributed by atoms with E-state index in [4.69, 9.17) is 18.8 Å². The van der Waals surface area contributed by atoms with E-state index in [1.54, 1.807) is 0 Å². The standard InChI is InChI=1S/C13H30N4O3Si/c1-7-12(16-17-14)13(8-2,15-6)21(18-9-3,19-10-4)20-11-5/h12,15H,7-11H2,1-6H3. The number of azide groups is 1. The van der Waals surface area contributed by atoms with E-state index in [0.717, 1.165) is 0 Å². The number of nitrogens with one attached hydrogen (secondary N) is 1. The molecule has 8 heteroatoms. The monoisotopic (exact) mass is 318 g/mol. The molecule has 0 aromatic carbocycles. The molecule has 0 radical (unpaired) electrons. The van der Waals surface area contributed by atoms with E-state index < -0.39 is 14.0 Å². The number of hydrogen-bond acceptors (Lipinski definition) is 5. The second-order valence-corrected chi connectivity index (χ2v) is 7.43. The van der Waals surface area contributed by atoms with Crippen LogP contribution in [0.2, 0.25) is 0 Å². The molecule has 0 saturated heterocycles. The van der Waals surface area contributed by atoms with Crippen molar-refractivity contribution in [2.24, 2.45) is 5.11 Å². The summed E-state index contributed by atoms with van der Waals surface area (Å²) in [5.41, 5.74) is 8.90. The number of hydrogen-bond donors (Lipinski definition) is 1. The Labute approximate surface area is 129 Å². The first-order valence-corrected chi connectivity index (χ1v) is 9.45. The Kier molecular flexibility index (Phi) is 9.85. The zero-order valence-corrected chi connectivity index (χ0v) is 15.2. The van der Waals surface area contributed by atoms with Gasteiger partial charge in [-0.3, -0.25) is 0 Å². The van der Waals surface area contributed by atoms with Gasteiger partial charge in [-0.15, -0.1) is 0 Å². The van der Waals surface area contributed by atoms with Crippen LogP contribution in [0.4, 0.5) is 0 Å². The molecule has 124 valence electrons. The molecule has 1 N–H and O–H groups in total. The Hall–Kier alpha value is -0.633. The first kappa shape index (κ1) is 20.4. The third-order valence-electron chi connectivity index (χ3n) is 3.70. The van der Waals surface area contributed by atoms with E-state index in [2.05, 4.69) is 15.3 Å². The highest BCUT2D eigenvalue weighted by Gasteiger charge is 2.62. The van der Waals surface area contributed by atoms with Gasteiger partial charge in [0.1, 0.15) is 0 Å². The van der Waals surface area contributed by atoms with Crippen LogP contribution in [0.1, 0.15) is 47.5 Å². The quantitative estimate of drug-likeness (QED) is 0.259. The van der Waals surface area contributed by atoms with E-state index in [0.29, 0.717) is 32.7 Å². The summed E-state index contributed by atoms with van der Waals surface area (Å²) in [4.78, 5) is 3.00. The summed E-state index contributed by atoms with van der Waals surface area (Å²) in [5, 5.41) is 6.67. The Balaban J connectivity index is 6.03. The van der Waals surface area contributed by atoms with Crippen LogP contribution in [0.5, 0.6) is 0 Å². The van der Waals surface area contributed by atoms with E-state index >= 15 is 0 Å². The van der Waals surface area contributed by atoms with Crippen LogP contribution >= 0.6 is 0 Å². The fraction of sp³-hybridized carbons (Fsp3) is 1.00. The molecule has 0 aliphatic rings. The lowest BCUT2D eigenvalue weighted by Crippen LogP contribution is -2.75. The van der Waals surface area contributed by atoms with E-state index in [-0.39, 0.29) is 6.04 Å². The highest BCUT2D eigenvalue weighted by molar-refractivity contribution is 6.64. The zero-order chi connectivity index (χ0) is 16.4. The van der Waals surface area contributed by atoms with Gasteiger partial charge in [0.25, 0.3) is 0 Å². The molecule has 0 fully saturated rings. The molecule has 0 rings (SSSR count). The number of rotatable bonds is 12. The summed E-state index contributed by atoms with van der Waals surface area (Å²) in [6.45, 7) is 11.3. The van der Waals surface area contributed by atoms with Crippen LogP contribution in [-0.2, 0) is 13.3 Å². The second-order valence-electron chi connectivity index (χ2n) is 4.56. The van der Waals surface area contributed by atoms with Crippen molar-refractivity contribution in [3.05, 3.63) is 10.4 Å². The van der Waals surface area contributed by atoms with Crippen molar-refractivity contribution in [2.45, 2.75) is 58.7 Å². The second kappa shape index (κ2) is 10.2. The predicted molar refractivity (Wildman–Crippen MR) is 85.9 cm³/mol. The Morgan fingerprint density at radius 2 is 1.57 bits per heavy atom. The highest BCUT2D eigenvalue weighted by atomic mass is 28.4. The van der Waals surface area contributed by atoms with Crippen molar-refractivity contribution in [3.8, 4) is 0 Å². The lowest BCUT2D eigenvalue weighted by molar-refractivity contribution is 0.0312. The van der Waals surface area contributed by atoms with Gasteiger partial charge in [-0.25, -0.2) is 0 Å². The largest absolute Gasteiger partial charge is 0.522 e. The number of likely N-dealkylation sites (N-methyl/N-ethyl adjacent to an activating group) is 1. The van der Waals surface area contributed by atoms with Gasteiger partial charge in [0.15, 0.2) is 0 Å². The number of nitrogens with zero attached hydrogens (tertiary/aromatic N) is 3. The summed E-state index contributed by atoms with van der Waals surface area (Å²) < 4.78 is 18.1. The lowest BCUT2D eigenvalue weighted by Gasteiger charge is -2.47. The Morgan fingerprint density at radius 1 is 1.10 bits per heavy atom. The van der Waals surface area contributed by atoms with Gasteiger partial charge in [0.05, 0.1) is 11.2 Å². The van der Waals surface area contributed by atoms with Crippen LogP contribution in [0.3, 0.4) is 0 Å². The molecule has 0 aromatic heterocycles. The molecule has 0 bridgehead atoms. The predicted octanol–water partition coefficient (Wildman–Crippen LogP) is 3.03. The average molecular weight is 318 g/mol. The van der Waals surface area contributed by atoms with Crippen molar-refractivity contribution in [3.63, 3.8) is 0 Å². The SMILES string of the molecule is CCO[Si](OCC)(OCC)C(CC)(NC)C(CC)N=[N+]=[N-]. The molecular formula is C13H30N4O3Si. The first-order chi connectivity index (χ1) is 10.1. The van der Waals surface area contributed by atoms with Gasteiger partial charge in [-0.1, -0.05) is 19.0 Å². The Bertz CT molecular complexity index is 316. The van der Waals surface area contributed by atoms with E-state index in [1.165, 1.54) is 0 Å². The smallest absolute Gasteiger partial charge is 0.373 e. The third-order valence-corrected chi connectivity index (χ3v) is 7.74. The van der Waals surface area contributed by atoms with Gasteiger partial charge in [0.2, 0.25) is 0 Å². The molecule has 0 aliphatic heterocycles. The minimum absolute atomic E-state index is 0.297. The fourth-order valence-electron chi connectivity index (χ4n) is 2.83. The maximum absolute atomic E-state index is 8.90. The van der Waals surface area contributed by atoms with Gasteiger partial charge < -0.3 is 18.6 Å². The fourth-order valence-corrected chi connectivity index (χ4v) is 6.40. The van der Waals surface area contributed by atoms with Crippen LogP contribution in [0.15, 0.2) is 5.11 Å². The summed E-state index contributed by atoms with van der Waals surface area (Å²) in [7, 11) is -1.23. The molecule has 0 aromatic rings. The van der Waals surface area contributed by atoms with Crippen LogP contribution in [0, 0.1) is 0 Å². The highest BCUT2D eigenvalue weighted by Crippen LogP contribution is 2.34. The molecule has 0 saturated carbocycles. The normalized spacial score (nSPS) is 16.1. The third kappa shape index (κ3) is 4.18.